The van der Waals surface area contributed by atoms with E-state index >= 15 is 0 Å². The van der Waals surface area contributed by atoms with Gasteiger partial charge in [0.1, 0.15) is 0 Å². The maximum Gasteiger partial charge on any atom is 0.236 e. The smallest absolute Gasteiger partial charge is 0.236 e. The van der Waals surface area contributed by atoms with Gasteiger partial charge in [-0.15, -0.1) is 0 Å². The lowest BCUT2D eigenvalue weighted by Gasteiger charge is -2.37. The van der Waals surface area contributed by atoms with Crippen LogP contribution >= 0.6 is 0 Å². The third kappa shape index (κ3) is 4.68. The fourth-order valence-corrected chi connectivity index (χ4v) is 3.80. The minimum atomic E-state index is 0.237. The second-order valence-corrected chi connectivity index (χ2v) is 7.41. The van der Waals surface area contributed by atoms with Gasteiger partial charge in [-0.05, 0) is 63.8 Å². The standard InChI is InChI=1S/C17H33N3O/c1-13-6-8-16(9-7-13)19(3)17(21)12-20-10-4-5-15(11-20)14(2)18/h13-16H,4-12,18H2,1-3H3. The maximum atomic E-state index is 12.5. The number of carbonyl (C=O) groups is 1. The molecule has 1 aliphatic heterocycles. The summed E-state index contributed by atoms with van der Waals surface area (Å²) in [5.74, 6) is 1.67. The van der Waals surface area contributed by atoms with Crippen LogP contribution in [0.1, 0.15) is 52.4 Å². The Labute approximate surface area is 130 Å². The van der Waals surface area contributed by atoms with Gasteiger partial charge in [0.2, 0.25) is 5.91 Å². The summed E-state index contributed by atoms with van der Waals surface area (Å²) in [4.78, 5) is 16.8. The molecule has 4 heteroatoms. The Morgan fingerprint density at radius 2 is 1.95 bits per heavy atom. The van der Waals surface area contributed by atoms with E-state index in [0.29, 0.717) is 24.4 Å². The largest absolute Gasteiger partial charge is 0.342 e. The van der Waals surface area contributed by atoms with Crippen LogP contribution in [0, 0.1) is 11.8 Å². The molecule has 1 heterocycles. The normalized spacial score (nSPS) is 32.7. The first kappa shape index (κ1) is 16.8. The molecular weight excluding hydrogens is 262 g/mol. The number of likely N-dealkylation sites (N-methyl/N-ethyl adjacent to an activating group) is 1. The van der Waals surface area contributed by atoms with Crippen molar-refractivity contribution in [2.45, 2.75) is 64.5 Å². The van der Waals surface area contributed by atoms with Crippen molar-refractivity contribution in [2.75, 3.05) is 26.7 Å². The van der Waals surface area contributed by atoms with Crippen molar-refractivity contribution >= 4 is 5.91 Å². The van der Waals surface area contributed by atoms with Crippen LogP contribution in [0.2, 0.25) is 0 Å². The zero-order valence-corrected chi connectivity index (χ0v) is 14.1. The molecule has 2 aliphatic rings. The van der Waals surface area contributed by atoms with Gasteiger partial charge >= 0.3 is 0 Å². The first-order valence-corrected chi connectivity index (χ1v) is 8.71. The fraction of sp³-hybridized carbons (Fsp3) is 0.941. The van der Waals surface area contributed by atoms with Crippen molar-refractivity contribution in [2.24, 2.45) is 17.6 Å². The van der Waals surface area contributed by atoms with E-state index in [0.717, 1.165) is 19.0 Å². The molecule has 0 bridgehead atoms. The van der Waals surface area contributed by atoms with Crippen LogP contribution in [0.15, 0.2) is 0 Å². The molecule has 2 rings (SSSR count). The Kier molecular flexibility index (Phi) is 6.06. The van der Waals surface area contributed by atoms with Crippen molar-refractivity contribution < 1.29 is 4.79 Å². The summed E-state index contributed by atoms with van der Waals surface area (Å²) in [6.45, 7) is 7.01. The highest BCUT2D eigenvalue weighted by atomic mass is 16.2. The quantitative estimate of drug-likeness (QED) is 0.864. The van der Waals surface area contributed by atoms with E-state index in [1.807, 2.05) is 11.9 Å². The average Bonchev–Trinajstić information content (AvgIpc) is 2.47. The molecule has 1 aliphatic carbocycles. The number of piperidine rings is 1. The first-order valence-electron chi connectivity index (χ1n) is 8.71. The number of nitrogens with zero attached hydrogens (tertiary/aromatic N) is 2. The van der Waals surface area contributed by atoms with Gasteiger partial charge in [0.05, 0.1) is 6.54 Å². The van der Waals surface area contributed by atoms with Crippen molar-refractivity contribution in [3.05, 3.63) is 0 Å². The molecule has 0 radical (unpaired) electrons. The molecule has 21 heavy (non-hydrogen) atoms. The molecule has 2 unspecified atom stereocenters. The number of likely N-dealkylation sites (tertiary alicyclic amines) is 1. The van der Waals surface area contributed by atoms with E-state index in [9.17, 15) is 4.79 Å². The molecule has 0 aromatic heterocycles. The number of nitrogens with two attached hydrogens (primary N) is 1. The third-order valence-corrected chi connectivity index (χ3v) is 5.57. The van der Waals surface area contributed by atoms with Crippen LogP contribution in [-0.4, -0.2) is 54.5 Å². The Balaban J connectivity index is 1.80. The van der Waals surface area contributed by atoms with Gasteiger partial charge in [-0.2, -0.15) is 0 Å². The minimum absolute atomic E-state index is 0.237. The number of hydrogen-bond donors (Lipinski definition) is 1. The highest BCUT2D eigenvalue weighted by molar-refractivity contribution is 5.78. The molecule has 2 atom stereocenters. The molecule has 0 spiro atoms. The Hall–Kier alpha value is -0.610. The van der Waals surface area contributed by atoms with Crippen LogP contribution in [0.3, 0.4) is 0 Å². The van der Waals surface area contributed by atoms with E-state index < -0.39 is 0 Å². The topological polar surface area (TPSA) is 49.6 Å². The molecule has 0 aromatic carbocycles. The number of amides is 1. The second kappa shape index (κ2) is 7.59. The number of hydrogen-bond acceptors (Lipinski definition) is 3. The lowest BCUT2D eigenvalue weighted by atomic mass is 9.86. The summed E-state index contributed by atoms with van der Waals surface area (Å²) < 4.78 is 0. The zero-order chi connectivity index (χ0) is 15.4. The van der Waals surface area contributed by atoms with Gasteiger partial charge in [0.15, 0.2) is 0 Å². The predicted octanol–water partition coefficient (Wildman–Crippen LogP) is 2.08. The minimum Gasteiger partial charge on any atom is -0.342 e. The maximum absolute atomic E-state index is 12.5. The highest BCUT2D eigenvalue weighted by Gasteiger charge is 2.28. The summed E-state index contributed by atoms with van der Waals surface area (Å²) in [5.41, 5.74) is 6.03. The lowest BCUT2D eigenvalue weighted by Crippen LogP contribution is -2.48. The van der Waals surface area contributed by atoms with Crippen LogP contribution in [0.5, 0.6) is 0 Å². The van der Waals surface area contributed by atoms with Crippen molar-refractivity contribution in [1.29, 1.82) is 0 Å². The van der Waals surface area contributed by atoms with E-state index in [2.05, 4.69) is 18.7 Å². The van der Waals surface area contributed by atoms with Gasteiger partial charge < -0.3 is 10.6 Å². The third-order valence-electron chi connectivity index (χ3n) is 5.57. The molecule has 2 N–H and O–H groups in total. The van der Waals surface area contributed by atoms with Crippen molar-refractivity contribution in [3.63, 3.8) is 0 Å². The molecule has 4 nitrogen and oxygen atoms in total. The summed E-state index contributed by atoms with van der Waals surface area (Å²) in [7, 11) is 2.00. The first-order chi connectivity index (χ1) is 9.97. The van der Waals surface area contributed by atoms with Gasteiger partial charge in [0.25, 0.3) is 0 Å². The fourth-order valence-electron chi connectivity index (χ4n) is 3.80. The Morgan fingerprint density at radius 1 is 1.29 bits per heavy atom. The Bertz CT molecular complexity index is 337. The lowest BCUT2D eigenvalue weighted by molar-refractivity contribution is -0.134. The monoisotopic (exact) mass is 295 g/mol. The van der Waals surface area contributed by atoms with Crippen LogP contribution in [-0.2, 0) is 4.79 Å². The van der Waals surface area contributed by atoms with Gasteiger partial charge in [0, 0.05) is 25.7 Å². The van der Waals surface area contributed by atoms with Gasteiger partial charge in [-0.1, -0.05) is 6.92 Å². The summed E-state index contributed by atoms with van der Waals surface area (Å²) in [6, 6.07) is 0.697. The number of rotatable bonds is 4. The SMILES string of the molecule is CC1CCC(N(C)C(=O)CN2CCCC(C(C)N)C2)CC1. The van der Waals surface area contributed by atoms with Crippen LogP contribution < -0.4 is 5.73 Å². The summed E-state index contributed by atoms with van der Waals surface area (Å²) in [6.07, 6.45) is 7.25. The molecule has 1 saturated carbocycles. The predicted molar refractivity (Wildman–Crippen MR) is 87.0 cm³/mol. The molecule has 0 aromatic rings. The van der Waals surface area contributed by atoms with Crippen molar-refractivity contribution in [3.8, 4) is 0 Å². The zero-order valence-electron chi connectivity index (χ0n) is 14.1. The molecular formula is C17H33N3O. The molecule has 1 saturated heterocycles. The van der Waals surface area contributed by atoms with Crippen LogP contribution in [0.25, 0.3) is 0 Å². The summed E-state index contributed by atoms with van der Waals surface area (Å²) in [5, 5.41) is 0. The van der Waals surface area contributed by atoms with Gasteiger partial charge in [-0.25, -0.2) is 0 Å². The Morgan fingerprint density at radius 3 is 2.57 bits per heavy atom. The average molecular weight is 295 g/mol. The number of carbonyl (C=O) groups excluding carboxylic acids is 1. The van der Waals surface area contributed by atoms with Crippen molar-refractivity contribution in [1.82, 2.24) is 9.80 Å². The van der Waals surface area contributed by atoms with E-state index in [-0.39, 0.29) is 6.04 Å². The van der Waals surface area contributed by atoms with E-state index in [4.69, 9.17) is 5.73 Å². The molecule has 1 amide bonds. The highest BCUT2D eigenvalue weighted by Crippen LogP contribution is 2.26. The van der Waals surface area contributed by atoms with Crippen LogP contribution in [0.4, 0.5) is 0 Å². The molecule has 2 fully saturated rings. The van der Waals surface area contributed by atoms with E-state index in [1.54, 1.807) is 0 Å². The van der Waals surface area contributed by atoms with E-state index in [1.165, 1.54) is 38.5 Å². The second-order valence-electron chi connectivity index (χ2n) is 7.41. The summed E-state index contributed by atoms with van der Waals surface area (Å²) >= 11 is 0. The van der Waals surface area contributed by atoms with Gasteiger partial charge in [-0.3, -0.25) is 9.69 Å². The molecule has 122 valence electrons.